The van der Waals surface area contributed by atoms with E-state index < -0.39 is 17.4 Å². The van der Waals surface area contributed by atoms with Gasteiger partial charge in [-0.15, -0.1) is 0 Å². The minimum absolute atomic E-state index is 0.253. The molecule has 6 heteroatoms. The number of nitrogens with zero attached hydrogens (tertiary/aromatic N) is 2. The summed E-state index contributed by atoms with van der Waals surface area (Å²) < 4.78 is 0. The van der Waals surface area contributed by atoms with Crippen molar-refractivity contribution in [1.82, 2.24) is 15.5 Å². The van der Waals surface area contributed by atoms with E-state index in [2.05, 4.69) is 15.5 Å². The van der Waals surface area contributed by atoms with Crippen molar-refractivity contribution < 1.29 is 14.7 Å². The van der Waals surface area contributed by atoms with E-state index in [9.17, 15) is 14.7 Å². The second-order valence-electron chi connectivity index (χ2n) is 4.38. The largest absolute Gasteiger partial charge is 0.479 e. The minimum atomic E-state index is -1.51. The number of aliphatic carboxylic acids is 1. The van der Waals surface area contributed by atoms with E-state index in [1.54, 1.807) is 30.3 Å². The molecule has 0 saturated heterocycles. The number of rotatable bonds is 4. The average molecular weight is 271 g/mol. The van der Waals surface area contributed by atoms with E-state index in [4.69, 9.17) is 0 Å². The first-order valence-electron chi connectivity index (χ1n) is 5.92. The highest BCUT2D eigenvalue weighted by atomic mass is 16.4. The fourth-order valence-electron chi connectivity index (χ4n) is 1.74. The molecule has 1 aromatic heterocycles. The molecule has 0 spiro atoms. The minimum Gasteiger partial charge on any atom is -0.479 e. The Morgan fingerprint density at radius 1 is 1.15 bits per heavy atom. The van der Waals surface area contributed by atoms with E-state index in [1.807, 2.05) is 0 Å². The summed E-state index contributed by atoms with van der Waals surface area (Å²) in [5.41, 5.74) is -0.770. The van der Waals surface area contributed by atoms with E-state index in [-0.39, 0.29) is 5.56 Å². The zero-order valence-electron chi connectivity index (χ0n) is 10.8. The van der Waals surface area contributed by atoms with E-state index in [0.717, 1.165) is 0 Å². The van der Waals surface area contributed by atoms with Gasteiger partial charge in [-0.05, 0) is 18.6 Å². The Kier molecular flexibility index (Phi) is 3.74. The molecule has 20 heavy (non-hydrogen) atoms. The van der Waals surface area contributed by atoms with Crippen LogP contribution in [-0.4, -0.2) is 27.2 Å². The van der Waals surface area contributed by atoms with Gasteiger partial charge in [0.15, 0.2) is 5.54 Å². The Morgan fingerprint density at radius 3 is 2.40 bits per heavy atom. The van der Waals surface area contributed by atoms with Crippen LogP contribution < -0.4 is 5.32 Å². The molecule has 6 nitrogen and oxygen atoms in total. The van der Waals surface area contributed by atoms with Crippen LogP contribution in [0.5, 0.6) is 0 Å². The van der Waals surface area contributed by atoms with Crippen LogP contribution in [0.3, 0.4) is 0 Å². The third-order valence-electron chi connectivity index (χ3n) is 2.99. The van der Waals surface area contributed by atoms with Crippen molar-refractivity contribution in [2.45, 2.75) is 12.5 Å². The van der Waals surface area contributed by atoms with Gasteiger partial charge >= 0.3 is 5.97 Å². The SMILES string of the molecule is CC(NC(=O)c1ccnnc1)(C(=O)O)c1ccccc1. The number of carboxylic acids is 1. The number of carboxylic acid groups (broad SMARTS) is 1. The molecule has 1 atom stereocenters. The zero-order valence-corrected chi connectivity index (χ0v) is 10.8. The maximum atomic E-state index is 12.1. The lowest BCUT2D eigenvalue weighted by Gasteiger charge is -2.26. The van der Waals surface area contributed by atoms with Gasteiger partial charge in [0.05, 0.1) is 18.0 Å². The van der Waals surface area contributed by atoms with Crippen molar-refractivity contribution in [2.24, 2.45) is 0 Å². The maximum Gasteiger partial charge on any atom is 0.333 e. The topological polar surface area (TPSA) is 92.2 Å². The number of amides is 1. The van der Waals surface area contributed by atoms with Crippen LogP contribution in [0.4, 0.5) is 0 Å². The van der Waals surface area contributed by atoms with Gasteiger partial charge in [0.25, 0.3) is 5.91 Å². The summed E-state index contributed by atoms with van der Waals surface area (Å²) >= 11 is 0. The molecule has 2 rings (SSSR count). The lowest BCUT2D eigenvalue weighted by atomic mass is 9.92. The highest BCUT2D eigenvalue weighted by molar-refractivity contribution is 5.97. The number of benzene rings is 1. The van der Waals surface area contributed by atoms with Gasteiger partial charge in [0.2, 0.25) is 0 Å². The highest BCUT2D eigenvalue weighted by Gasteiger charge is 2.37. The molecule has 102 valence electrons. The Morgan fingerprint density at radius 2 is 1.85 bits per heavy atom. The molecule has 1 unspecified atom stereocenters. The molecule has 0 radical (unpaired) electrons. The molecule has 1 heterocycles. The quantitative estimate of drug-likeness (QED) is 0.871. The highest BCUT2D eigenvalue weighted by Crippen LogP contribution is 2.21. The van der Waals surface area contributed by atoms with E-state index in [0.29, 0.717) is 5.56 Å². The summed E-state index contributed by atoms with van der Waals surface area (Å²) in [5.74, 6) is -1.66. The molecule has 1 amide bonds. The average Bonchev–Trinajstić information content (AvgIpc) is 2.48. The Balaban J connectivity index is 2.32. The van der Waals surface area contributed by atoms with E-state index in [1.165, 1.54) is 25.4 Å². The standard InChI is InChI=1S/C14H13N3O3/c1-14(13(19)20,11-5-3-2-4-6-11)17-12(18)10-7-8-15-16-9-10/h2-9H,1H3,(H,17,18)(H,19,20). The zero-order chi connectivity index (χ0) is 14.6. The maximum absolute atomic E-state index is 12.1. The first kappa shape index (κ1) is 13.7. The number of hydrogen-bond acceptors (Lipinski definition) is 4. The van der Waals surface area contributed by atoms with Crippen LogP contribution >= 0.6 is 0 Å². The number of hydrogen-bond donors (Lipinski definition) is 2. The molecule has 0 saturated carbocycles. The number of carbonyl (C=O) groups is 2. The molecule has 0 bridgehead atoms. The second-order valence-corrected chi connectivity index (χ2v) is 4.38. The van der Waals surface area contributed by atoms with Crippen LogP contribution in [0.1, 0.15) is 22.8 Å². The van der Waals surface area contributed by atoms with Crippen molar-refractivity contribution in [3.05, 3.63) is 59.9 Å². The molecule has 1 aromatic carbocycles. The molecule has 0 aliphatic carbocycles. The first-order chi connectivity index (χ1) is 9.54. The van der Waals surface area contributed by atoms with Crippen LogP contribution in [0.25, 0.3) is 0 Å². The number of nitrogens with one attached hydrogen (secondary N) is 1. The summed E-state index contributed by atoms with van der Waals surface area (Å²) in [6.45, 7) is 1.44. The Labute approximate surface area is 115 Å². The summed E-state index contributed by atoms with van der Waals surface area (Å²) in [5, 5.41) is 19.1. The molecule has 0 aliphatic rings. The summed E-state index contributed by atoms with van der Waals surface area (Å²) in [4.78, 5) is 23.6. The second kappa shape index (κ2) is 5.48. The molecule has 0 aliphatic heterocycles. The fraction of sp³-hybridized carbons (Fsp3) is 0.143. The lowest BCUT2D eigenvalue weighted by molar-refractivity contribution is -0.144. The van der Waals surface area contributed by atoms with Gasteiger partial charge in [-0.3, -0.25) is 4.79 Å². The van der Waals surface area contributed by atoms with Gasteiger partial charge in [-0.25, -0.2) is 4.79 Å². The molecular formula is C14H13N3O3. The molecule has 2 N–H and O–H groups in total. The van der Waals surface area contributed by atoms with Crippen LogP contribution in [0.15, 0.2) is 48.8 Å². The van der Waals surface area contributed by atoms with Crippen LogP contribution in [0.2, 0.25) is 0 Å². The lowest BCUT2D eigenvalue weighted by Crippen LogP contribution is -2.49. The van der Waals surface area contributed by atoms with Gasteiger partial charge in [-0.2, -0.15) is 10.2 Å². The van der Waals surface area contributed by atoms with Crippen molar-refractivity contribution in [1.29, 1.82) is 0 Å². The van der Waals surface area contributed by atoms with Gasteiger partial charge < -0.3 is 10.4 Å². The predicted molar refractivity (Wildman–Crippen MR) is 70.9 cm³/mol. The van der Waals surface area contributed by atoms with Gasteiger partial charge in [0, 0.05) is 0 Å². The smallest absolute Gasteiger partial charge is 0.333 e. The third kappa shape index (κ3) is 2.64. The summed E-state index contributed by atoms with van der Waals surface area (Å²) in [6, 6.07) is 9.99. The normalized spacial score (nSPS) is 13.2. The Bertz CT molecular complexity index is 616. The third-order valence-corrected chi connectivity index (χ3v) is 2.99. The van der Waals surface area contributed by atoms with Crippen LogP contribution in [-0.2, 0) is 10.3 Å². The van der Waals surface area contributed by atoms with Crippen molar-refractivity contribution in [3.63, 3.8) is 0 Å². The molecule has 0 fully saturated rings. The van der Waals surface area contributed by atoms with Crippen molar-refractivity contribution in [3.8, 4) is 0 Å². The molecular weight excluding hydrogens is 258 g/mol. The van der Waals surface area contributed by atoms with E-state index >= 15 is 0 Å². The van der Waals surface area contributed by atoms with Gasteiger partial charge in [-0.1, -0.05) is 30.3 Å². The number of carbonyl (C=O) groups excluding carboxylic acids is 1. The molecule has 2 aromatic rings. The number of aromatic nitrogens is 2. The van der Waals surface area contributed by atoms with Crippen molar-refractivity contribution in [2.75, 3.05) is 0 Å². The Hall–Kier alpha value is -2.76. The van der Waals surface area contributed by atoms with Gasteiger partial charge in [0.1, 0.15) is 0 Å². The first-order valence-corrected chi connectivity index (χ1v) is 5.92. The monoisotopic (exact) mass is 271 g/mol. The fourth-order valence-corrected chi connectivity index (χ4v) is 1.74. The predicted octanol–water partition coefficient (Wildman–Crippen LogP) is 1.21. The summed E-state index contributed by atoms with van der Waals surface area (Å²) in [7, 11) is 0. The van der Waals surface area contributed by atoms with Crippen molar-refractivity contribution >= 4 is 11.9 Å². The summed E-state index contributed by atoms with van der Waals surface area (Å²) in [6.07, 6.45) is 2.65. The van der Waals surface area contributed by atoms with Crippen LogP contribution in [0, 0.1) is 0 Å².